The number of nitrogens with one attached hydrogen (secondary N) is 2. The first kappa shape index (κ1) is 15.8. The molecule has 21 heavy (non-hydrogen) atoms. The summed E-state index contributed by atoms with van der Waals surface area (Å²) < 4.78 is 28.3. The molecule has 7 heteroatoms. The van der Waals surface area contributed by atoms with E-state index in [0.29, 0.717) is 16.0 Å². The Morgan fingerprint density at radius 2 is 1.90 bits per heavy atom. The Morgan fingerprint density at radius 1 is 1.19 bits per heavy atom. The van der Waals surface area contributed by atoms with Crippen LogP contribution in [0.1, 0.15) is 11.1 Å². The normalized spacial score (nSPS) is 11.2. The zero-order valence-corrected chi connectivity index (χ0v) is 14.3. The highest BCUT2D eigenvalue weighted by Gasteiger charge is 2.18. The van der Waals surface area contributed by atoms with E-state index in [9.17, 15) is 8.42 Å². The van der Waals surface area contributed by atoms with Crippen LogP contribution in [0.2, 0.25) is 0 Å². The number of pyridine rings is 1. The van der Waals surface area contributed by atoms with Crippen LogP contribution in [-0.4, -0.2) is 20.4 Å². The highest BCUT2D eigenvalue weighted by Crippen LogP contribution is 2.30. The van der Waals surface area contributed by atoms with Crippen molar-refractivity contribution in [3.8, 4) is 0 Å². The lowest BCUT2D eigenvalue weighted by molar-refractivity contribution is 0.601. The SMILES string of the molecule is CNc1cc(S(=O)(=O)Nc2c(C)cc(C)cc2Br)ccn1. The fourth-order valence-electron chi connectivity index (χ4n) is 1.95. The molecule has 0 amide bonds. The average molecular weight is 370 g/mol. The molecule has 0 saturated heterocycles. The van der Waals surface area contributed by atoms with E-state index in [1.807, 2.05) is 26.0 Å². The van der Waals surface area contributed by atoms with E-state index in [0.717, 1.165) is 11.1 Å². The zero-order valence-electron chi connectivity index (χ0n) is 11.9. The van der Waals surface area contributed by atoms with E-state index in [1.54, 1.807) is 7.05 Å². The van der Waals surface area contributed by atoms with Crippen molar-refractivity contribution >= 4 is 37.5 Å². The van der Waals surface area contributed by atoms with E-state index < -0.39 is 10.0 Å². The van der Waals surface area contributed by atoms with Gasteiger partial charge < -0.3 is 5.32 Å². The van der Waals surface area contributed by atoms with Gasteiger partial charge in [0.1, 0.15) is 5.82 Å². The van der Waals surface area contributed by atoms with Crippen LogP contribution in [0.3, 0.4) is 0 Å². The summed E-state index contributed by atoms with van der Waals surface area (Å²) >= 11 is 3.40. The Balaban J connectivity index is 2.42. The first-order valence-corrected chi connectivity index (χ1v) is 8.54. The summed E-state index contributed by atoms with van der Waals surface area (Å²) in [6.45, 7) is 3.82. The van der Waals surface area contributed by atoms with Gasteiger partial charge in [-0.15, -0.1) is 0 Å². The highest BCUT2D eigenvalue weighted by atomic mass is 79.9. The third kappa shape index (κ3) is 3.54. The second-order valence-electron chi connectivity index (χ2n) is 4.67. The molecule has 0 atom stereocenters. The van der Waals surface area contributed by atoms with Crippen LogP contribution in [0, 0.1) is 13.8 Å². The molecule has 2 rings (SSSR count). The lowest BCUT2D eigenvalue weighted by atomic mass is 10.1. The molecule has 0 radical (unpaired) electrons. The summed E-state index contributed by atoms with van der Waals surface area (Å²) in [5.74, 6) is 0.498. The van der Waals surface area contributed by atoms with Gasteiger partial charge in [-0.3, -0.25) is 4.72 Å². The number of hydrogen-bond acceptors (Lipinski definition) is 4. The number of anilines is 2. The van der Waals surface area contributed by atoms with Crippen molar-refractivity contribution in [3.63, 3.8) is 0 Å². The molecule has 0 saturated carbocycles. The van der Waals surface area contributed by atoms with Crippen molar-refractivity contribution in [2.75, 3.05) is 17.1 Å². The van der Waals surface area contributed by atoms with E-state index in [-0.39, 0.29) is 4.90 Å². The number of aryl methyl sites for hydroxylation is 2. The van der Waals surface area contributed by atoms with Gasteiger partial charge in [-0.05, 0) is 53.0 Å². The molecule has 0 aliphatic rings. The molecular formula is C14H16BrN3O2S. The van der Waals surface area contributed by atoms with E-state index >= 15 is 0 Å². The third-order valence-corrected chi connectivity index (χ3v) is 4.94. The molecule has 0 aliphatic heterocycles. The van der Waals surface area contributed by atoms with Crippen molar-refractivity contribution in [1.82, 2.24) is 4.98 Å². The molecule has 2 aromatic rings. The Kier molecular flexibility index (Phi) is 4.53. The molecule has 0 fully saturated rings. The van der Waals surface area contributed by atoms with Gasteiger partial charge in [-0.1, -0.05) is 6.07 Å². The van der Waals surface area contributed by atoms with E-state index in [4.69, 9.17) is 0 Å². The van der Waals surface area contributed by atoms with Crippen molar-refractivity contribution in [2.24, 2.45) is 0 Å². The standard InChI is InChI=1S/C14H16BrN3O2S/c1-9-6-10(2)14(12(15)7-9)18-21(19,20)11-4-5-17-13(8-11)16-3/h4-8,18H,1-3H3,(H,16,17). The van der Waals surface area contributed by atoms with Crippen LogP contribution in [0.15, 0.2) is 39.8 Å². The highest BCUT2D eigenvalue weighted by molar-refractivity contribution is 9.10. The Morgan fingerprint density at radius 3 is 2.52 bits per heavy atom. The minimum absolute atomic E-state index is 0.161. The van der Waals surface area contributed by atoms with Crippen molar-refractivity contribution < 1.29 is 8.42 Å². The van der Waals surface area contributed by atoms with Gasteiger partial charge in [0.25, 0.3) is 10.0 Å². The minimum atomic E-state index is -3.66. The van der Waals surface area contributed by atoms with Gasteiger partial charge in [0.2, 0.25) is 0 Å². The molecular weight excluding hydrogens is 354 g/mol. The summed E-state index contributed by atoms with van der Waals surface area (Å²) in [7, 11) is -1.98. The lowest BCUT2D eigenvalue weighted by Crippen LogP contribution is -2.14. The second kappa shape index (κ2) is 6.03. The molecule has 0 bridgehead atoms. The monoisotopic (exact) mass is 369 g/mol. The molecule has 112 valence electrons. The van der Waals surface area contributed by atoms with Crippen molar-refractivity contribution in [1.29, 1.82) is 0 Å². The first-order chi connectivity index (χ1) is 9.83. The number of halogens is 1. The smallest absolute Gasteiger partial charge is 0.262 e. The fourth-order valence-corrected chi connectivity index (χ4v) is 4.02. The number of rotatable bonds is 4. The van der Waals surface area contributed by atoms with Crippen LogP contribution in [0.4, 0.5) is 11.5 Å². The summed E-state index contributed by atoms with van der Waals surface area (Å²) in [5.41, 5.74) is 2.46. The van der Waals surface area contributed by atoms with Gasteiger partial charge >= 0.3 is 0 Å². The summed E-state index contributed by atoms with van der Waals surface area (Å²) in [6, 6.07) is 6.74. The van der Waals surface area contributed by atoms with Crippen molar-refractivity contribution in [3.05, 3.63) is 46.1 Å². The number of hydrogen-bond donors (Lipinski definition) is 2. The molecule has 1 aromatic heterocycles. The van der Waals surface area contributed by atoms with E-state index in [1.165, 1.54) is 18.3 Å². The van der Waals surface area contributed by atoms with Gasteiger partial charge in [0.15, 0.2) is 0 Å². The topological polar surface area (TPSA) is 71.1 Å². The van der Waals surface area contributed by atoms with Gasteiger partial charge in [-0.25, -0.2) is 13.4 Å². The van der Waals surface area contributed by atoms with Crippen LogP contribution in [-0.2, 0) is 10.0 Å². The second-order valence-corrected chi connectivity index (χ2v) is 7.21. The molecule has 2 N–H and O–H groups in total. The number of aromatic nitrogens is 1. The summed E-state index contributed by atoms with van der Waals surface area (Å²) in [5, 5.41) is 2.82. The molecule has 1 heterocycles. The lowest BCUT2D eigenvalue weighted by Gasteiger charge is -2.13. The average Bonchev–Trinajstić information content (AvgIpc) is 2.43. The fraction of sp³-hybridized carbons (Fsp3) is 0.214. The van der Waals surface area contributed by atoms with Gasteiger partial charge in [-0.2, -0.15) is 0 Å². The summed E-state index contributed by atoms with van der Waals surface area (Å²) in [4.78, 5) is 4.17. The quantitative estimate of drug-likeness (QED) is 0.866. The number of nitrogens with zero attached hydrogens (tertiary/aromatic N) is 1. The maximum absolute atomic E-state index is 12.5. The Bertz CT molecular complexity index is 753. The number of benzene rings is 1. The molecule has 0 aliphatic carbocycles. The third-order valence-electron chi connectivity index (χ3n) is 2.97. The largest absolute Gasteiger partial charge is 0.373 e. The van der Waals surface area contributed by atoms with Gasteiger partial charge in [0, 0.05) is 23.8 Å². The van der Waals surface area contributed by atoms with Gasteiger partial charge in [0.05, 0.1) is 10.6 Å². The van der Waals surface area contributed by atoms with Crippen LogP contribution >= 0.6 is 15.9 Å². The van der Waals surface area contributed by atoms with Crippen LogP contribution in [0.5, 0.6) is 0 Å². The maximum Gasteiger partial charge on any atom is 0.262 e. The summed E-state index contributed by atoms with van der Waals surface area (Å²) in [6.07, 6.45) is 1.46. The Hall–Kier alpha value is -1.60. The van der Waals surface area contributed by atoms with Crippen LogP contribution < -0.4 is 10.0 Å². The van der Waals surface area contributed by atoms with Crippen LogP contribution in [0.25, 0.3) is 0 Å². The molecule has 0 spiro atoms. The molecule has 5 nitrogen and oxygen atoms in total. The Labute approximate surface area is 133 Å². The predicted molar refractivity (Wildman–Crippen MR) is 88.2 cm³/mol. The minimum Gasteiger partial charge on any atom is -0.373 e. The molecule has 0 unspecified atom stereocenters. The first-order valence-electron chi connectivity index (χ1n) is 6.27. The van der Waals surface area contributed by atoms with E-state index in [2.05, 4.69) is 31.0 Å². The predicted octanol–water partition coefficient (Wildman–Crippen LogP) is 3.30. The number of sulfonamides is 1. The maximum atomic E-state index is 12.5. The van der Waals surface area contributed by atoms with Crippen molar-refractivity contribution in [2.45, 2.75) is 18.7 Å². The molecule has 1 aromatic carbocycles. The zero-order chi connectivity index (χ0) is 15.6.